The molecule has 0 atom stereocenters. The fraction of sp³-hybridized carbons (Fsp3) is 0. The molecule has 0 saturated heterocycles. The third-order valence-electron chi connectivity index (χ3n) is 2.36. The van der Waals surface area contributed by atoms with Gasteiger partial charge in [0.25, 0.3) is 0 Å². The van der Waals surface area contributed by atoms with Crippen molar-refractivity contribution in [2.24, 2.45) is 4.99 Å². The van der Waals surface area contributed by atoms with E-state index in [2.05, 4.69) is 22.4 Å². The molecule has 4 nitrogen and oxygen atoms in total. The summed E-state index contributed by atoms with van der Waals surface area (Å²) in [7, 11) is 0. The number of nitrogens with zero attached hydrogens (tertiary/aromatic N) is 3. The highest BCUT2D eigenvalue weighted by Crippen LogP contribution is 2.21. The maximum atomic E-state index is 8.54. The van der Waals surface area contributed by atoms with E-state index in [1.165, 1.54) is 0 Å². The molecular formula is C15H8Cl2N4S. The summed E-state index contributed by atoms with van der Waals surface area (Å²) >= 11 is 15.8. The highest BCUT2D eigenvalue weighted by Gasteiger charge is 1.98. The number of hydrogen-bond acceptors (Lipinski definition) is 5. The van der Waals surface area contributed by atoms with E-state index in [-0.39, 0.29) is 0 Å². The average molecular weight is 347 g/mol. The third-order valence-corrected chi connectivity index (χ3v) is 3.08. The number of nitrogens with two attached hydrogens (primary N) is 1. The average Bonchev–Trinajstić information content (AvgIpc) is 2.48. The summed E-state index contributed by atoms with van der Waals surface area (Å²) in [5, 5.41) is 20.0. The molecule has 0 radical (unpaired) electrons. The fourth-order valence-corrected chi connectivity index (χ4v) is 1.89. The Morgan fingerprint density at radius 2 is 1.50 bits per heavy atom. The van der Waals surface area contributed by atoms with Crippen LogP contribution in [0.5, 0.6) is 0 Å². The Labute approximate surface area is 143 Å². The van der Waals surface area contributed by atoms with Crippen molar-refractivity contribution in [3.05, 3.63) is 57.6 Å². The molecule has 0 heterocycles. The van der Waals surface area contributed by atoms with Crippen molar-refractivity contribution in [3.63, 3.8) is 0 Å². The van der Waals surface area contributed by atoms with Crippen molar-refractivity contribution in [1.82, 2.24) is 0 Å². The molecule has 0 bridgehead atoms. The molecule has 2 aromatic rings. The zero-order valence-electron chi connectivity index (χ0n) is 11.0. The van der Waals surface area contributed by atoms with Gasteiger partial charge in [-0.05, 0) is 48.6 Å². The molecule has 0 aromatic heterocycles. The first-order valence-electron chi connectivity index (χ1n) is 5.74. The summed E-state index contributed by atoms with van der Waals surface area (Å²) in [6.07, 6.45) is 0. The number of thiocarbonyl (C=S) groups is 1. The van der Waals surface area contributed by atoms with Crippen molar-refractivity contribution in [1.29, 1.82) is 10.5 Å². The quantitative estimate of drug-likeness (QED) is 0.459. The predicted molar refractivity (Wildman–Crippen MR) is 91.4 cm³/mol. The van der Waals surface area contributed by atoms with Crippen molar-refractivity contribution in [2.45, 2.75) is 0 Å². The number of benzene rings is 2. The van der Waals surface area contributed by atoms with Gasteiger partial charge in [0.2, 0.25) is 0 Å². The number of aliphatic imine (C=N–C) groups is 1. The normalized spacial score (nSPS) is 8.55. The Morgan fingerprint density at radius 3 is 1.95 bits per heavy atom. The predicted octanol–water partition coefficient (Wildman–Crippen LogP) is 4.74. The van der Waals surface area contributed by atoms with Gasteiger partial charge in [0.1, 0.15) is 12.1 Å². The molecular weight excluding hydrogens is 339 g/mol. The van der Waals surface area contributed by atoms with Crippen LogP contribution in [0.4, 0.5) is 11.4 Å². The van der Waals surface area contributed by atoms with Crippen LogP contribution in [0.25, 0.3) is 0 Å². The van der Waals surface area contributed by atoms with E-state index < -0.39 is 0 Å². The lowest BCUT2D eigenvalue weighted by molar-refractivity contribution is 1.47. The minimum absolute atomic E-state index is 0.379. The second-order valence-electron chi connectivity index (χ2n) is 3.83. The second kappa shape index (κ2) is 8.79. The van der Waals surface area contributed by atoms with E-state index in [1.807, 2.05) is 12.1 Å². The minimum Gasteiger partial charge on any atom is -0.399 e. The van der Waals surface area contributed by atoms with Crippen LogP contribution in [0.2, 0.25) is 10.0 Å². The highest BCUT2D eigenvalue weighted by atomic mass is 35.5. The molecule has 0 aliphatic heterocycles. The first-order chi connectivity index (χ1) is 10.5. The Hall–Kier alpha value is -2.40. The number of nitriles is 2. The Kier molecular flexibility index (Phi) is 7.05. The van der Waals surface area contributed by atoms with Crippen molar-refractivity contribution in [2.75, 3.05) is 5.73 Å². The Bertz CT molecular complexity index is 815. The Morgan fingerprint density at radius 1 is 0.955 bits per heavy atom. The van der Waals surface area contributed by atoms with Gasteiger partial charge in [0.05, 0.1) is 32.0 Å². The maximum absolute atomic E-state index is 8.54. The molecule has 22 heavy (non-hydrogen) atoms. The summed E-state index contributed by atoms with van der Waals surface area (Å²) in [5.74, 6) is 0. The smallest absolute Gasteiger partial charge is 0.101 e. The topological polar surface area (TPSA) is 86.0 Å². The first-order valence-corrected chi connectivity index (χ1v) is 6.91. The van der Waals surface area contributed by atoms with Gasteiger partial charge in [-0.1, -0.05) is 23.2 Å². The molecule has 108 valence electrons. The molecule has 0 aliphatic rings. The van der Waals surface area contributed by atoms with Crippen LogP contribution >= 0.6 is 35.4 Å². The molecule has 0 fully saturated rings. The largest absolute Gasteiger partial charge is 0.399 e. The van der Waals surface area contributed by atoms with E-state index in [0.717, 1.165) is 0 Å². The van der Waals surface area contributed by atoms with Gasteiger partial charge in [-0.25, -0.2) is 0 Å². The summed E-state index contributed by atoms with van der Waals surface area (Å²) in [4.78, 5) is 3.71. The molecule has 0 unspecified atom stereocenters. The molecule has 0 aliphatic carbocycles. The van der Waals surface area contributed by atoms with Gasteiger partial charge in [0.15, 0.2) is 0 Å². The molecule has 0 spiro atoms. The number of anilines is 1. The summed E-state index contributed by atoms with van der Waals surface area (Å²) in [6.45, 7) is 0. The van der Waals surface area contributed by atoms with Crippen LogP contribution in [-0.4, -0.2) is 5.16 Å². The van der Waals surface area contributed by atoms with Gasteiger partial charge in [-0.15, -0.1) is 0 Å². The molecule has 2 rings (SSSR count). The number of rotatable bonds is 1. The number of hydrogen-bond donors (Lipinski definition) is 1. The number of isothiocyanates is 1. The van der Waals surface area contributed by atoms with E-state index in [1.54, 1.807) is 36.4 Å². The summed E-state index contributed by atoms with van der Waals surface area (Å²) < 4.78 is 0. The van der Waals surface area contributed by atoms with Crippen LogP contribution in [0, 0.1) is 22.7 Å². The molecule has 2 aromatic carbocycles. The number of halogens is 2. The first kappa shape index (κ1) is 17.7. The van der Waals surface area contributed by atoms with Gasteiger partial charge in [-0.3, -0.25) is 0 Å². The van der Waals surface area contributed by atoms with E-state index in [9.17, 15) is 0 Å². The highest BCUT2D eigenvalue weighted by molar-refractivity contribution is 7.78. The van der Waals surface area contributed by atoms with E-state index in [0.29, 0.717) is 32.5 Å². The van der Waals surface area contributed by atoms with Crippen molar-refractivity contribution in [3.8, 4) is 12.1 Å². The zero-order valence-corrected chi connectivity index (χ0v) is 13.4. The van der Waals surface area contributed by atoms with Crippen molar-refractivity contribution >= 4 is 52.0 Å². The second-order valence-corrected chi connectivity index (χ2v) is 4.83. The van der Waals surface area contributed by atoms with Crippen LogP contribution < -0.4 is 5.73 Å². The standard InChI is InChI=1S/C8H3ClN2S.C7H5ClN2/c9-8-3-7(11-5-12)2-1-6(8)4-10;8-7-3-6(10)2-1-5(7)4-9/h1-3H;1-3H,10H2. The third kappa shape index (κ3) is 5.18. The lowest BCUT2D eigenvalue weighted by atomic mass is 10.2. The van der Waals surface area contributed by atoms with Gasteiger partial charge in [0, 0.05) is 5.69 Å². The maximum Gasteiger partial charge on any atom is 0.101 e. The van der Waals surface area contributed by atoms with E-state index in [4.69, 9.17) is 39.5 Å². The number of nitrogen functional groups attached to an aromatic ring is 1. The van der Waals surface area contributed by atoms with Crippen molar-refractivity contribution < 1.29 is 0 Å². The van der Waals surface area contributed by atoms with Crippen LogP contribution in [0.3, 0.4) is 0 Å². The monoisotopic (exact) mass is 346 g/mol. The van der Waals surface area contributed by atoms with Crippen LogP contribution in [-0.2, 0) is 0 Å². The lowest BCUT2D eigenvalue weighted by Gasteiger charge is -1.94. The summed E-state index contributed by atoms with van der Waals surface area (Å²) in [6, 6.07) is 13.5. The van der Waals surface area contributed by atoms with Gasteiger partial charge >= 0.3 is 0 Å². The molecule has 0 amide bonds. The lowest BCUT2D eigenvalue weighted by Crippen LogP contribution is -1.84. The SMILES string of the molecule is N#Cc1ccc(N)cc1Cl.N#Cc1ccc(N=C=S)cc1Cl. The fourth-order valence-electron chi connectivity index (χ4n) is 1.34. The molecule has 2 N–H and O–H groups in total. The minimum atomic E-state index is 0.379. The Balaban J connectivity index is 0.000000224. The molecule has 0 saturated carbocycles. The molecule has 7 heteroatoms. The van der Waals surface area contributed by atoms with Crippen LogP contribution in [0.15, 0.2) is 41.4 Å². The van der Waals surface area contributed by atoms with Gasteiger partial charge < -0.3 is 5.73 Å². The summed E-state index contributed by atoms with van der Waals surface area (Å²) in [5.41, 5.74) is 7.45. The van der Waals surface area contributed by atoms with Crippen LogP contribution in [0.1, 0.15) is 11.1 Å². The van der Waals surface area contributed by atoms with Gasteiger partial charge in [-0.2, -0.15) is 15.5 Å². The van der Waals surface area contributed by atoms with E-state index >= 15 is 0 Å². The zero-order chi connectivity index (χ0) is 16.5.